The van der Waals surface area contributed by atoms with Gasteiger partial charge < -0.3 is 25.2 Å². The minimum Gasteiger partial charge on any atom is -0.404 e. The Kier molecular flexibility index (Phi) is 8.47. The van der Waals surface area contributed by atoms with Crippen molar-refractivity contribution in [1.29, 1.82) is 0 Å². The van der Waals surface area contributed by atoms with Crippen LogP contribution >= 0.6 is 0 Å². The van der Waals surface area contributed by atoms with E-state index in [0.29, 0.717) is 28.8 Å². The number of likely N-dealkylation sites (N-methyl/N-ethyl adjacent to an activating group) is 1. The van der Waals surface area contributed by atoms with Gasteiger partial charge in [-0.05, 0) is 79.9 Å². The van der Waals surface area contributed by atoms with E-state index < -0.39 is 11.6 Å². The fourth-order valence-electron chi connectivity index (χ4n) is 6.91. The third-order valence-corrected chi connectivity index (χ3v) is 8.69. The summed E-state index contributed by atoms with van der Waals surface area (Å²) in [6, 6.07) is 15.2. The van der Waals surface area contributed by atoms with Gasteiger partial charge in [0.1, 0.15) is 43.0 Å². The number of benzene rings is 3. The predicted molar refractivity (Wildman–Crippen MR) is 187 cm³/mol. The molecular weight excluding hydrogens is 570 g/mol. The summed E-state index contributed by atoms with van der Waals surface area (Å²) in [5.41, 5.74) is 4.49. The number of hydrogen-bond donors (Lipinski definition) is 3. The fourth-order valence-corrected chi connectivity index (χ4v) is 6.91. The number of aromatic amines is 1. The van der Waals surface area contributed by atoms with Gasteiger partial charge in [-0.25, -0.2) is 8.78 Å². The van der Waals surface area contributed by atoms with E-state index in [-0.39, 0.29) is 22.7 Å². The molecule has 2 saturated heterocycles. The van der Waals surface area contributed by atoms with Crippen LogP contribution in [0.3, 0.4) is 0 Å². The summed E-state index contributed by atoms with van der Waals surface area (Å²) >= 11 is 0. The number of aromatic nitrogens is 2. The van der Waals surface area contributed by atoms with Crippen molar-refractivity contribution in [3.8, 4) is 0 Å². The molecule has 3 N–H and O–H groups in total. The van der Waals surface area contributed by atoms with Crippen molar-refractivity contribution >= 4 is 65.4 Å². The van der Waals surface area contributed by atoms with Crippen molar-refractivity contribution < 1.29 is 18.3 Å². The van der Waals surface area contributed by atoms with Crippen LogP contribution in [0.5, 0.6) is 0 Å². The molecule has 45 heavy (non-hydrogen) atoms. The maximum Gasteiger partial charge on any atom is 0.258 e. The van der Waals surface area contributed by atoms with E-state index in [1.165, 1.54) is 12.1 Å². The molecule has 0 spiro atoms. The van der Waals surface area contributed by atoms with Gasteiger partial charge in [-0.2, -0.15) is 5.10 Å². The van der Waals surface area contributed by atoms with Crippen molar-refractivity contribution in [2.24, 2.45) is 0 Å². The molecular formula is C31H38B4F2N6O2. The molecule has 0 saturated carbocycles. The number of nitrogens with zero attached hydrogens (tertiary/aromatic N) is 3. The van der Waals surface area contributed by atoms with Crippen LogP contribution in [0.15, 0.2) is 54.6 Å². The average Bonchev–Trinajstić information content (AvgIpc) is 3.33. The minimum absolute atomic E-state index is 0.111. The zero-order valence-electron chi connectivity index (χ0n) is 26.6. The van der Waals surface area contributed by atoms with Gasteiger partial charge in [-0.3, -0.25) is 9.89 Å². The number of anilines is 3. The van der Waals surface area contributed by atoms with Crippen molar-refractivity contribution in [2.75, 3.05) is 48.8 Å². The lowest BCUT2D eigenvalue weighted by Crippen LogP contribution is -2.56. The number of carbonyl (C=O) groups excluding carboxylic acids is 1. The summed E-state index contributed by atoms with van der Waals surface area (Å²) in [6.45, 7) is 3.80. The summed E-state index contributed by atoms with van der Waals surface area (Å²) in [4.78, 5) is 18.6. The highest BCUT2D eigenvalue weighted by Gasteiger charge is 2.39. The Bertz CT molecular complexity index is 1690. The molecule has 0 radical (unpaired) electrons. The number of ether oxygens (including phenoxy) is 1. The molecule has 2 fully saturated rings. The van der Waals surface area contributed by atoms with Gasteiger partial charge >= 0.3 is 0 Å². The SMILES string of the molecule is BC1(B)CC(Nc2cc(N3CCN(C)CC3)ccc2C(=O)Nc2n[nH]c3ccc(Cc4cc(F)cc(F)c4)cc23)CC(B)(B)O1. The number of nitrogens with one attached hydrogen (secondary N) is 3. The predicted octanol–water partition coefficient (Wildman–Crippen LogP) is 0.867. The molecule has 0 unspecified atom stereocenters. The van der Waals surface area contributed by atoms with E-state index in [0.717, 1.165) is 67.5 Å². The van der Waals surface area contributed by atoms with Crippen LogP contribution in [0.4, 0.5) is 26.0 Å². The highest BCUT2D eigenvalue weighted by atomic mass is 19.1. The highest BCUT2D eigenvalue weighted by molar-refractivity contribution is 6.42. The van der Waals surface area contributed by atoms with Crippen molar-refractivity contribution in [2.45, 2.75) is 36.1 Å². The number of H-pyrrole nitrogens is 1. The topological polar surface area (TPSA) is 85.5 Å². The Morgan fingerprint density at radius 3 is 2.33 bits per heavy atom. The van der Waals surface area contributed by atoms with Crippen molar-refractivity contribution in [1.82, 2.24) is 15.1 Å². The third-order valence-electron chi connectivity index (χ3n) is 8.69. The number of amides is 1. The summed E-state index contributed by atoms with van der Waals surface area (Å²) in [5, 5.41) is 14.2. The van der Waals surface area contributed by atoms with Crippen molar-refractivity contribution in [3.05, 3.63) is 82.9 Å². The molecule has 0 aliphatic carbocycles. The normalized spacial score (nSPS) is 18.6. The molecule has 14 heteroatoms. The fraction of sp³-hybridized carbons (Fsp3) is 0.355. The number of piperazine rings is 1. The number of carbonyl (C=O) groups is 1. The number of rotatable bonds is 7. The van der Waals surface area contributed by atoms with E-state index in [9.17, 15) is 13.6 Å². The molecule has 2 aliphatic heterocycles. The van der Waals surface area contributed by atoms with Gasteiger partial charge in [0.15, 0.2) is 5.82 Å². The number of fused-ring (bicyclic) bond motifs is 1. The molecule has 1 amide bonds. The van der Waals surface area contributed by atoms with E-state index in [2.05, 4.69) is 75.1 Å². The zero-order chi connectivity index (χ0) is 31.9. The summed E-state index contributed by atoms with van der Waals surface area (Å²) < 4.78 is 33.9. The Morgan fingerprint density at radius 2 is 1.64 bits per heavy atom. The summed E-state index contributed by atoms with van der Waals surface area (Å²) in [6.07, 6.45) is 1.94. The second kappa shape index (κ2) is 12.2. The van der Waals surface area contributed by atoms with Gasteiger partial charge in [0.25, 0.3) is 5.91 Å². The molecule has 4 aromatic rings. The molecule has 3 heterocycles. The van der Waals surface area contributed by atoms with Gasteiger partial charge in [0.05, 0.1) is 11.1 Å². The van der Waals surface area contributed by atoms with Crippen LogP contribution < -0.4 is 15.5 Å². The van der Waals surface area contributed by atoms with Gasteiger partial charge in [0.2, 0.25) is 0 Å². The van der Waals surface area contributed by atoms with E-state index in [4.69, 9.17) is 4.74 Å². The molecule has 0 atom stereocenters. The second-order valence-corrected chi connectivity index (χ2v) is 13.8. The lowest BCUT2D eigenvalue weighted by atomic mass is 9.52. The maximum atomic E-state index is 13.9. The number of hydrogen-bond acceptors (Lipinski definition) is 6. The van der Waals surface area contributed by atoms with Crippen LogP contribution in [0.2, 0.25) is 0 Å². The largest absolute Gasteiger partial charge is 0.404 e. The molecule has 1 aromatic heterocycles. The maximum absolute atomic E-state index is 13.9. The summed E-state index contributed by atoms with van der Waals surface area (Å²) in [5.74, 6) is -1.11. The first kappa shape index (κ1) is 31.2. The van der Waals surface area contributed by atoms with E-state index >= 15 is 0 Å². The Labute approximate surface area is 266 Å². The first-order valence-corrected chi connectivity index (χ1v) is 15.6. The van der Waals surface area contributed by atoms with E-state index in [1.54, 1.807) is 0 Å². The standard InChI is InChI=1S/C31H38B4F2N6O2/c1-42-6-8-43(9-7-42)23-3-4-24(27(15-23)38-22-16-30(32,33)45-31(34,35)17-22)29(44)39-28-25-13-18(2-5-26(25)40-41-28)10-19-11-20(36)14-21(37)12-19/h2-5,11-15,22,38H,6-10,16-17,32-35H2,1H3,(H2,39,40,41,44). The molecule has 2 aliphatic rings. The zero-order valence-corrected chi connectivity index (χ0v) is 26.6. The summed E-state index contributed by atoms with van der Waals surface area (Å²) in [7, 11) is 10.6. The molecule has 8 nitrogen and oxygen atoms in total. The average molecular weight is 608 g/mol. The first-order valence-electron chi connectivity index (χ1n) is 15.6. The highest BCUT2D eigenvalue weighted by Crippen LogP contribution is 2.33. The van der Waals surface area contributed by atoms with Crippen LogP contribution in [-0.4, -0.2) is 102 Å². The van der Waals surface area contributed by atoms with Gasteiger partial charge in [-0.15, -0.1) is 0 Å². The second-order valence-electron chi connectivity index (χ2n) is 13.8. The Morgan fingerprint density at radius 1 is 0.956 bits per heavy atom. The smallest absolute Gasteiger partial charge is 0.258 e. The minimum atomic E-state index is -0.613. The monoisotopic (exact) mass is 608 g/mol. The van der Waals surface area contributed by atoms with Gasteiger partial charge in [-0.1, -0.05) is 6.07 Å². The Balaban J connectivity index is 1.28. The molecule has 0 bridgehead atoms. The quantitative estimate of drug-likeness (QED) is 0.271. The lowest BCUT2D eigenvalue weighted by molar-refractivity contribution is -0.0184. The Hall–Kier alpha value is -3.76. The van der Waals surface area contributed by atoms with Crippen LogP contribution in [0, 0.1) is 11.6 Å². The third kappa shape index (κ3) is 7.39. The van der Waals surface area contributed by atoms with Crippen LogP contribution in [0.1, 0.15) is 34.3 Å². The molecule has 3 aromatic carbocycles. The lowest BCUT2D eigenvalue weighted by Gasteiger charge is -2.47. The van der Waals surface area contributed by atoms with Crippen LogP contribution in [0.25, 0.3) is 10.9 Å². The van der Waals surface area contributed by atoms with Crippen molar-refractivity contribution in [3.63, 3.8) is 0 Å². The van der Waals surface area contributed by atoms with Crippen LogP contribution in [-0.2, 0) is 11.2 Å². The number of halogens is 2. The molecule has 230 valence electrons. The first-order chi connectivity index (χ1) is 21.3. The molecule has 6 rings (SSSR count). The van der Waals surface area contributed by atoms with E-state index in [1.807, 2.05) is 30.3 Å². The van der Waals surface area contributed by atoms with Gasteiger partial charge in [0, 0.05) is 65.8 Å².